The van der Waals surface area contributed by atoms with Gasteiger partial charge in [0.2, 0.25) is 0 Å². The predicted octanol–water partition coefficient (Wildman–Crippen LogP) is 3.19. The zero-order valence-corrected chi connectivity index (χ0v) is 12.2. The molecule has 2 rings (SSSR count). The van der Waals surface area contributed by atoms with Crippen molar-refractivity contribution >= 4 is 0 Å². The number of halogens is 1. The number of nitrogens with zero attached hydrogens (tertiary/aromatic N) is 1. The summed E-state index contributed by atoms with van der Waals surface area (Å²) in [6.45, 7) is 9.53. The first kappa shape index (κ1) is 14.5. The van der Waals surface area contributed by atoms with Crippen LogP contribution >= 0.6 is 0 Å². The third-order valence-corrected chi connectivity index (χ3v) is 4.34. The van der Waals surface area contributed by atoms with Crippen LogP contribution in [0.25, 0.3) is 0 Å². The zero-order chi connectivity index (χ0) is 14.0. The summed E-state index contributed by atoms with van der Waals surface area (Å²) in [5.41, 5.74) is 7.25. The Kier molecular flexibility index (Phi) is 4.26. The van der Waals surface area contributed by atoms with Gasteiger partial charge in [0.25, 0.3) is 0 Å². The summed E-state index contributed by atoms with van der Waals surface area (Å²) < 4.78 is 13.4. The minimum atomic E-state index is -0.178. The lowest BCUT2D eigenvalue weighted by atomic mass is 9.80. The van der Waals surface area contributed by atoms with Crippen LogP contribution in [0.3, 0.4) is 0 Å². The number of hydrogen-bond acceptors (Lipinski definition) is 2. The molecular weight excluding hydrogens is 239 g/mol. The molecule has 0 amide bonds. The van der Waals surface area contributed by atoms with Crippen molar-refractivity contribution in [2.75, 3.05) is 19.6 Å². The van der Waals surface area contributed by atoms with Crippen LogP contribution in [0.1, 0.15) is 38.8 Å². The second kappa shape index (κ2) is 5.59. The van der Waals surface area contributed by atoms with Crippen LogP contribution in [-0.4, -0.2) is 24.5 Å². The lowest BCUT2D eigenvalue weighted by Gasteiger charge is -2.30. The predicted molar refractivity (Wildman–Crippen MR) is 77.3 cm³/mol. The summed E-state index contributed by atoms with van der Waals surface area (Å²) in [4.78, 5) is 2.41. The molecule has 1 aromatic carbocycles. The molecule has 0 aliphatic carbocycles. The van der Waals surface area contributed by atoms with E-state index in [9.17, 15) is 4.39 Å². The maximum absolute atomic E-state index is 13.4. The molecule has 0 bridgehead atoms. The summed E-state index contributed by atoms with van der Waals surface area (Å²) >= 11 is 0. The second-order valence-electron chi connectivity index (χ2n) is 6.65. The topological polar surface area (TPSA) is 29.3 Å². The summed E-state index contributed by atoms with van der Waals surface area (Å²) in [6, 6.07) is 6.99. The van der Waals surface area contributed by atoms with Crippen molar-refractivity contribution in [2.45, 2.75) is 33.2 Å². The average molecular weight is 264 g/mol. The number of nitrogens with two attached hydrogens (primary N) is 1. The molecule has 1 saturated heterocycles. The number of benzene rings is 1. The Balaban J connectivity index is 2.12. The Hall–Kier alpha value is -0.930. The van der Waals surface area contributed by atoms with Crippen molar-refractivity contribution in [1.29, 1.82) is 0 Å². The molecule has 2 atom stereocenters. The van der Waals surface area contributed by atoms with Crippen LogP contribution in [0.15, 0.2) is 24.3 Å². The smallest absolute Gasteiger partial charge is 0.123 e. The van der Waals surface area contributed by atoms with Gasteiger partial charge in [-0.05, 0) is 42.0 Å². The first-order valence-corrected chi connectivity index (χ1v) is 7.11. The zero-order valence-electron chi connectivity index (χ0n) is 12.2. The SMILES string of the molecule is CC(C)(C)C1CCN(C(CN)c2cccc(F)c2)C1. The van der Waals surface area contributed by atoms with E-state index in [4.69, 9.17) is 5.73 Å². The van der Waals surface area contributed by atoms with Gasteiger partial charge in [0.15, 0.2) is 0 Å². The fraction of sp³-hybridized carbons (Fsp3) is 0.625. The van der Waals surface area contributed by atoms with Gasteiger partial charge in [-0.15, -0.1) is 0 Å². The Bertz CT molecular complexity index is 425. The van der Waals surface area contributed by atoms with Crippen molar-refractivity contribution in [3.8, 4) is 0 Å². The molecule has 1 fully saturated rings. The Morgan fingerprint density at radius 2 is 2.16 bits per heavy atom. The number of rotatable bonds is 3. The molecular formula is C16H25FN2. The molecule has 1 aromatic rings. The molecule has 0 spiro atoms. The summed E-state index contributed by atoms with van der Waals surface area (Å²) in [5.74, 6) is 0.512. The van der Waals surface area contributed by atoms with Crippen molar-refractivity contribution in [3.63, 3.8) is 0 Å². The molecule has 0 saturated carbocycles. The number of hydrogen-bond donors (Lipinski definition) is 1. The van der Waals surface area contributed by atoms with Gasteiger partial charge in [0.1, 0.15) is 5.82 Å². The monoisotopic (exact) mass is 264 g/mol. The minimum absolute atomic E-state index is 0.142. The van der Waals surface area contributed by atoms with E-state index < -0.39 is 0 Å². The van der Waals surface area contributed by atoms with E-state index >= 15 is 0 Å². The van der Waals surface area contributed by atoms with E-state index in [1.54, 1.807) is 12.1 Å². The van der Waals surface area contributed by atoms with Crippen LogP contribution in [-0.2, 0) is 0 Å². The van der Waals surface area contributed by atoms with E-state index in [1.165, 1.54) is 12.5 Å². The second-order valence-corrected chi connectivity index (χ2v) is 6.65. The largest absolute Gasteiger partial charge is 0.329 e. The fourth-order valence-corrected chi connectivity index (χ4v) is 2.99. The van der Waals surface area contributed by atoms with Crippen molar-refractivity contribution in [2.24, 2.45) is 17.1 Å². The number of likely N-dealkylation sites (tertiary alicyclic amines) is 1. The lowest BCUT2D eigenvalue weighted by Crippen LogP contribution is -2.33. The van der Waals surface area contributed by atoms with Gasteiger partial charge in [-0.25, -0.2) is 4.39 Å². The van der Waals surface area contributed by atoms with Crippen LogP contribution in [0.2, 0.25) is 0 Å². The molecule has 1 aliphatic rings. The molecule has 106 valence electrons. The first-order chi connectivity index (χ1) is 8.91. The van der Waals surface area contributed by atoms with Crippen LogP contribution in [0.4, 0.5) is 4.39 Å². The molecule has 19 heavy (non-hydrogen) atoms. The Morgan fingerprint density at radius 3 is 2.68 bits per heavy atom. The van der Waals surface area contributed by atoms with Gasteiger partial charge in [0.05, 0.1) is 0 Å². The molecule has 1 heterocycles. The van der Waals surface area contributed by atoms with Gasteiger partial charge in [-0.1, -0.05) is 32.9 Å². The Labute approximate surface area is 115 Å². The van der Waals surface area contributed by atoms with Gasteiger partial charge < -0.3 is 5.73 Å². The molecule has 0 aromatic heterocycles. The normalized spacial score (nSPS) is 22.7. The fourth-order valence-electron chi connectivity index (χ4n) is 2.99. The standard InChI is InChI=1S/C16H25FN2/c1-16(2,3)13-7-8-19(11-13)15(10-18)12-5-4-6-14(17)9-12/h4-6,9,13,15H,7-8,10-11,18H2,1-3H3. The van der Waals surface area contributed by atoms with Gasteiger partial charge in [-0.3, -0.25) is 4.90 Å². The summed E-state index contributed by atoms with van der Waals surface area (Å²) in [7, 11) is 0. The molecule has 0 radical (unpaired) electrons. The highest BCUT2D eigenvalue weighted by molar-refractivity contribution is 5.21. The van der Waals surface area contributed by atoms with Gasteiger partial charge >= 0.3 is 0 Å². The third-order valence-electron chi connectivity index (χ3n) is 4.34. The van der Waals surface area contributed by atoms with Gasteiger partial charge in [-0.2, -0.15) is 0 Å². The first-order valence-electron chi connectivity index (χ1n) is 7.11. The van der Waals surface area contributed by atoms with E-state index in [1.807, 2.05) is 6.07 Å². The molecule has 2 nitrogen and oxygen atoms in total. The van der Waals surface area contributed by atoms with Crippen LogP contribution in [0, 0.1) is 17.2 Å². The quantitative estimate of drug-likeness (QED) is 0.908. The molecule has 1 aliphatic heterocycles. The average Bonchev–Trinajstić information content (AvgIpc) is 2.79. The maximum atomic E-state index is 13.4. The molecule has 2 unspecified atom stereocenters. The van der Waals surface area contributed by atoms with Crippen LogP contribution in [0.5, 0.6) is 0 Å². The van der Waals surface area contributed by atoms with E-state index in [2.05, 4.69) is 25.7 Å². The minimum Gasteiger partial charge on any atom is -0.329 e. The van der Waals surface area contributed by atoms with Gasteiger partial charge in [0, 0.05) is 19.1 Å². The van der Waals surface area contributed by atoms with Crippen molar-refractivity contribution in [3.05, 3.63) is 35.6 Å². The van der Waals surface area contributed by atoms with Crippen molar-refractivity contribution in [1.82, 2.24) is 4.90 Å². The van der Waals surface area contributed by atoms with E-state index in [0.717, 1.165) is 18.7 Å². The van der Waals surface area contributed by atoms with Crippen molar-refractivity contribution < 1.29 is 4.39 Å². The maximum Gasteiger partial charge on any atom is 0.123 e. The third kappa shape index (κ3) is 3.34. The van der Waals surface area contributed by atoms with Crippen LogP contribution < -0.4 is 5.73 Å². The summed E-state index contributed by atoms with van der Waals surface area (Å²) in [6.07, 6.45) is 1.20. The highest BCUT2D eigenvalue weighted by atomic mass is 19.1. The summed E-state index contributed by atoms with van der Waals surface area (Å²) in [5, 5.41) is 0. The highest BCUT2D eigenvalue weighted by Crippen LogP contribution is 2.36. The highest BCUT2D eigenvalue weighted by Gasteiger charge is 2.34. The van der Waals surface area contributed by atoms with E-state index in [0.29, 0.717) is 17.9 Å². The Morgan fingerprint density at radius 1 is 1.42 bits per heavy atom. The molecule has 3 heteroatoms. The van der Waals surface area contributed by atoms with E-state index in [-0.39, 0.29) is 11.9 Å². The lowest BCUT2D eigenvalue weighted by molar-refractivity contribution is 0.197. The molecule has 2 N–H and O–H groups in total.